The first-order valence-corrected chi connectivity index (χ1v) is 18.6. The zero-order valence-electron chi connectivity index (χ0n) is 32.5. The van der Waals surface area contributed by atoms with E-state index in [0.29, 0.717) is 34.3 Å². The third-order valence-electron chi connectivity index (χ3n) is 9.27. The van der Waals surface area contributed by atoms with Crippen LogP contribution in [0.3, 0.4) is 0 Å². The topological polar surface area (TPSA) is 75.0 Å². The van der Waals surface area contributed by atoms with Gasteiger partial charge in [-0.15, -0.1) is 0 Å². The standard InChI is InChI=1S/C37H39FN6O2.C4H10.C2H6/c1-23-19-26(37(2,3)4)20-30(38)33(23)36(45)44-32-8-6-7-28(29(32)22-46-44)31-21-43-18-15-39-35(43)34(41-31)40-27-11-9-24(10-12-27)25-13-16-42(5)17-14-25;1-4(2)3;1-2/h6-12,15,18-21,25H,13-14,16-17,22H2,1-5H3,(H,40,41);4H,1-3H3;1-2H3. The number of anilines is 3. The van der Waals surface area contributed by atoms with Gasteiger partial charge in [0, 0.05) is 35.4 Å². The molecule has 4 heterocycles. The van der Waals surface area contributed by atoms with Crippen molar-refractivity contribution in [1.82, 2.24) is 19.3 Å². The Morgan fingerprint density at radius 2 is 1.69 bits per heavy atom. The van der Waals surface area contributed by atoms with Crippen LogP contribution in [0.25, 0.3) is 16.9 Å². The third-order valence-corrected chi connectivity index (χ3v) is 9.27. The summed E-state index contributed by atoms with van der Waals surface area (Å²) in [5.41, 5.74) is 7.08. The van der Waals surface area contributed by atoms with E-state index in [0.717, 1.165) is 41.4 Å². The van der Waals surface area contributed by atoms with Crippen molar-refractivity contribution in [2.24, 2.45) is 5.92 Å². The Morgan fingerprint density at radius 1 is 1.02 bits per heavy atom. The van der Waals surface area contributed by atoms with Gasteiger partial charge in [-0.2, -0.15) is 5.06 Å². The number of nitrogens with zero attached hydrogens (tertiary/aromatic N) is 5. The van der Waals surface area contributed by atoms with Gasteiger partial charge < -0.3 is 14.6 Å². The van der Waals surface area contributed by atoms with Crippen LogP contribution in [0, 0.1) is 18.7 Å². The van der Waals surface area contributed by atoms with Gasteiger partial charge in [-0.1, -0.05) is 85.7 Å². The van der Waals surface area contributed by atoms with Crippen LogP contribution in [0.1, 0.15) is 107 Å². The predicted molar refractivity (Wildman–Crippen MR) is 211 cm³/mol. The highest BCUT2D eigenvalue weighted by Gasteiger charge is 2.33. The lowest BCUT2D eigenvalue weighted by Gasteiger charge is -2.29. The number of carbonyl (C=O) groups excluding carboxylic acids is 1. The Labute approximate surface area is 309 Å². The van der Waals surface area contributed by atoms with Gasteiger partial charge in [0.2, 0.25) is 0 Å². The van der Waals surface area contributed by atoms with Gasteiger partial charge in [0.05, 0.1) is 16.9 Å². The molecule has 1 fully saturated rings. The molecule has 2 aliphatic rings. The largest absolute Gasteiger partial charge is 0.337 e. The molecule has 276 valence electrons. The quantitative estimate of drug-likeness (QED) is 0.196. The molecular weight excluding hydrogens is 652 g/mol. The molecule has 8 nitrogen and oxygen atoms in total. The number of hydroxylamine groups is 1. The number of imidazole rings is 1. The average Bonchev–Trinajstić information content (AvgIpc) is 3.77. The van der Waals surface area contributed by atoms with E-state index in [2.05, 4.69) is 67.3 Å². The normalized spacial score (nSPS) is 14.8. The summed E-state index contributed by atoms with van der Waals surface area (Å²) < 4.78 is 17.3. The van der Waals surface area contributed by atoms with Gasteiger partial charge in [-0.3, -0.25) is 9.63 Å². The fraction of sp³-hybridized carbons (Fsp3) is 0.419. The zero-order chi connectivity index (χ0) is 37.7. The second-order valence-electron chi connectivity index (χ2n) is 15.3. The molecule has 3 aromatic carbocycles. The van der Waals surface area contributed by atoms with E-state index in [1.54, 1.807) is 13.1 Å². The Bertz CT molecular complexity index is 1960. The molecule has 5 aromatic rings. The lowest BCUT2D eigenvalue weighted by atomic mass is 9.85. The third kappa shape index (κ3) is 8.54. The number of hydrogen-bond donors (Lipinski definition) is 1. The van der Waals surface area contributed by atoms with Gasteiger partial charge in [-0.05, 0) is 98.1 Å². The fourth-order valence-electron chi connectivity index (χ4n) is 6.54. The number of aromatic nitrogens is 3. The minimum Gasteiger partial charge on any atom is -0.337 e. The maximum atomic E-state index is 15.4. The van der Waals surface area contributed by atoms with Crippen LogP contribution < -0.4 is 10.4 Å². The summed E-state index contributed by atoms with van der Waals surface area (Å²) in [7, 11) is 2.18. The molecular formula is C43H55FN6O2. The smallest absolute Gasteiger partial charge is 0.285 e. The Morgan fingerprint density at radius 3 is 2.33 bits per heavy atom. The number of rotatable bonds is 5. The molecule has 2 aromatic heterocycles. The molecule has 0 spiro atoms. The monoisotopic (exact) mass is 706 g/mol. The van der Waals surface area contributed by atoms with Gasteiger partial charge in [0.25, 0.3) is 5.91 Å². The highest BCUT2D eigenvalue weighted by Crippen LogP contribution is 2.39. The molecule has 1 saturated heterocycles. The van der Waals surface area contributed by atoms with Crippen molar-refractivity contribution < 1.29 is 14.0 Å². The molecule has 0 aliphatic carbocycles. The number of piperidine rings is 1. The molecule has 52 heavy (non-hydrogen) atoms. The average molecular weight is 707 g/mol. The van der Waals surface area contributed by atoms with Crippen LogP contribution in [0.15, 0.2) is 73.2 Å². The Hall–Kier alpha value is -4.60. The lowest BCUT2D eigenvalue weighted by Crippen LogP contribution is -2.29. The van der Waals surface area contributed by atoms with E-state index < -0.39 is 11.7 Å². The van der Waals surface area contributed by atoms with E-state index in [1.165, 1.54) is 29.5 Å². The Kier molecular flexibility index (Phi) is 12.2. The maximum absolute atomic E-state index is 15.4. The number of fused-ring (bicyclic) bond motifs is 2. The van der Waals surface area contributed by atoms with Gasteiger partial charge in [0.1, 0.15) is 12.4 Å². The first-order chi connectivity index (χ1) is 24.8. The maximum Gasteiger partial charge on any atom is 0.285 e. The summed E-state index contributed by atoms with van der Waals surface area (Å²) in [5.74, 6) is 0.958. The number of benzene rings is 3. The van der Waals surface area contributed by atoms with Crippen molar-refractivity contribution in [3.05, 3.63) is 107 Å². The van der Waals surface area contributed by atoms with Crippen molar-refractivity contribution >= 4 is 28.7 Å². The second-order valence-corrected chi connectivity index (χ2v) is 15.3. The van der Waals surface area contributed by atoms with Crippen molar-refractivity contribution in [3.63, 3.8) is 0 Å². The molecule has 0 atom stereocenters. The van der Waals surface area contributed by atoms with Crippen LogP contribution in [-0.2, 0) is 16.9 Å². The van der Waals surface area contributed by atoms with E-state index in [4.69, 9.17) is 9.82 Å². The number of nitrogens with one attached hydrogen (secondary N) is 1. The summed E-state index contributed by atoms with van der Waals surface area (Å²) in [5, 5.41) is 4.69. The first-order valence-electron chi connectivity index (χ1n) is 18.6. The molecule has 0 radical (unpaired) electrons. The number of hydrogen-bond acceptors (Lipinski definition) is 6. The molecule has 7 rings (SSSR count). The van der Waals surface area contributed by atoms with Crippen molar-refractivity contribution in [1.29, 1.82) is 0 Å². The SMILES string of the molecule is CC.CC(C)C.Cc1cc(C(C)(C)C)cc(F)c1C(=O)N1OCc2c(-c3cn4ccnc4c(Nc4ccc(C5CCN(C)CC5)cc4)n3)cccc21. The van der Waals surface area contributed by atoms with Crippen molar-refractivity contribution in [3.8, 4) is 11.3 Å². The summed E-state index contributed by atoms with van der Waals surface area (Å²) >= 11 is 0. The van der Waals surface area contributed by atoms with Gasteiger partial charge in [-0.25, -0.2) is 14.4 Å². The van der Waals surface area contributed by atoms with Crippen LogP contribution in [0.2, 0.25) is 0 Å². The van der Waals surface area contributed by atoms with E-state index >= 15 is 4.39 Å². The predicted octanol–water partition coefficient (Wildman–Crippen LogP) is 10.5. The molecule has 2 aliphatic heterocycles. The number of carbonyl (C=O) groups is 1. The molecule has 9 heteroatoms. The van der Waals surface area contributed by atoms with E-state index in [9.17, 15) is 4.79 Å². The summed E-state index contributed by atoms with van der Waals surface area (Å²) in [6.45, 7) is 20.7. The van der Waals surface area contributed by atoms with Gasteiger partial charge in [0.15, 0.2) is 11.5 Å². The molecule has 0 saturated carbocycles. The highest BCUT2D eigenvalue weighted by molar-refractivity contribution is 6.07. The van der Waals surface area contributed by atoms with Gasteiger partial charge >= 0.3 is 0 Å². The van der Waals surface area contributed by atoms with Crippen molar-refractivity contribution in [2.75, 3.05) is 30.5 Å². The number of aryl methyl sites for hydroxylation is 1. The Balaban J connectivity index is 0.000000817. The van der Waals surface area contributed by atoms with Crippen LogP contribution in [0.5, 0.6) is 0 Å². The highest BCUT2D eigenvalue weighted by atomic mass is 19.1. The first kappa shape index (κ1) is 38.6. The second kappa shape index (κ2) is 16.4. The number of amides is 1. The molecule has 1 N–H and O–H groups in total. The fourth-order valence-corrected chi connectivity index (χ4v) is 6.54. The number of likely N-dealkylation sites (tertiary alicyclic amines) is 1. The van der Waals surface area contributed by atoms with Crippen LogP contribution in [0.4, 0.5) is 21.6 Å². The van der Waals surface area contributed by atoms with Crippen LogP contribution >= 0.6 is 0 Å². The van der Waals surface area contributed by atoms with E-state index in [1.807, 2.05) is 75.7 Å². The van der Waals surface area contributed by atoms with Crippen molar-refractivity contribution in [2.45, 2.75) is 93.1 Å². The molecule has 0 unspecified atom stereocenters. The molecule has 1 amide bonds. The minimum absolute atomic E-state index is 0.0116. The zero-order valence-corrected chi connectivity index (χ0v) is 32.5. The summed E-state index contributed by atoms with van der Waals surface area (Å²) in [6.07, 6.45) is 7.90. The lowest BCUT2D eigenvalue weighted by molar-refractivity contribution is 0.0675. The summed E-state index contributed by atoms with van der Waals surface area (Å²) in [4.78, 5) is 31.6. The minimum atomic E-state index is -0.551. The number of halogens is 1. The summed E-state index contributed by atoms with van der Waals surface area (Å²) in [6, 6.07) is 17.6. The van der Waals surface area contributed by atoms with Crippen LogP contribution in [-0.4, -0.2) is 45.3 Å². The van der Waals surface area contributed by atoms with E-state index in [-0.39, 0.29) is 17.6 Å². The molecule has 0 bridgehead atoms.